The predicted molar refractivity (Wildman–Crippen MR) is 38.5 cm³/mol. The summed E-state index contributed by atoms with van der Waals surface area (Å²) in [6, 6.07) is 0. The molecule has 2 rings (SSSR count). The van der Waals surface area contributed by atoms with E-state index in [1.165, 1.54) is 6.33 Å². The highest BCUT2D eigenvalue weighted by atomic mass is 79.9. The summed E-state index contributed by atoms with van der Waals surface area (Å²) in [6.45, 7) is 0. The quantitative estimate of drug-likeness (QED) is 0.632. The van der Waals surface area contributed by atoms with Crippen molar-refractivity contribution in [1.29, 1.82) is 0 Å². The molecule has 2 aromatic rings. The van der Waals surface area contributed by atoms with Gasteiger partial charge in [0.15, 0.2) is 5.65 Å². The van der Waals surface area contributed by atoms with E-state index in [9.17, 15) is 0 Å². The van der Waals surface area contributed by atoms with Gasteiger partial charge in [0.2, 0.25) is 0 Å². The van der Waals surface area contributed by atoms with Crippen molar-refractivity contribution in [3.63, 3.8) is 0 Å². The molecular weight excluding hydrogens is 196 g/mol. The van der Waals surface area contributed by atoms with Crippen molar-refractivity contribution in [2.75, 3.05) is 0 Å². The Morgan fingerprint density at radius 1 is 1.40 bits per heavy atom. The van der Waals surface area contributed by atoms with E-state index in [1.54, 1.807) is 16.9 Å². The van der Waals surface area contributed by atoms with Crippen molar-refractivity contribution in [3.05, 3.63) is 23.3 Å². The van der Waals surface area contributed by atoms with Crippen LogP contribution in [0.1, 0.15) is 0 Å². The highest BCUT2D eigenvalue weighted by molar-refractivity contribution is 9.10. The standard InChI is InChI=1S/C5H3BrN4/c6-4-2-10-5(1-7-4)8-3-9-10/h1-3H. The van der Waals surface area contributed by atoms with Gasteiger partial charge in [0.05, 0.1) is 12.4 Å². The summed E-state index contributed by atoms with van der Waals surface area (Å²) in [4.78, 5) is 7.90. The molecule has 0 bridgehead atoms. The van der Waals surface area contributed by atoms with Crippen LogP contribution in [0.5, 0.6) is 0 Å². The Hall–Kier alpha value is -0.970. The van der Waals surface area contributed by atoms with Crippen LogP contribution < -0.4 is 0 Å². The van der Waals surface area contributed by atoms with Crippen molar-refractivity contribution in [2.45, 2.75) is 0 Å². The number of halogens is 1. The lowest BCUT2D eigenvalue weighted by atomic mass is 10.7. The molecule has 2 aromatic heterocycles. The third kappa shape index (κ3) is 0.786. The molecule has 0 aliphatic heterocycles. The monoisotopic (exact) mass is 198 g/mol. The topological polar surface area (TPSA) is 43.1 Å². The number of hydrogen-bond acceptors (Lipinski definition) is 3. The predicted octanol–water partition coefficient (Wildman–Crippen LogP) is 0.887. The van der Waals surface area contributed by atoms with Gasteiger partial charge in [-0.1, -0.05) is 0 Å². The van der Waals surface area contributed by atoms with Gasteiger partial charge in [-0.3, -0.25) is 0 Å². The number of nitrogens with zero attached hydrogens (tertiary/aromatic N) is 4. The Balaban J connectivity index is 2.86. The van der Waals surface area contributed by atoms with Crippen LogP contribution in [0.3, 0.4) is 0 Å². The maximum absolute atomic E-state index is 3.97. The van der Waals surface area contributed by atoms with Gasteiger partial charge in [0.1, 0.15) is 10.9 Å². The number of fused-ring (bicyclic) bond motifs is 1. The average molecular weight is 199 g/mol. The molecule has 4 nitrogen and oxygen atoms in total. The van der Waals surface area contributed by atoms with Gasteiger partial charge in [0.25, 0.3) is 0 Å². The van der Waals surface area contributed by atoms with Crippen molar-refractivity contribution in [3.8, 4) is 0 Å². The molecule has 10 heavy (non-hydrogen) atoms. The molecule has 50 valence electrons. The van der Waals surface area contributed by atoms with Crippen molar-refractivity contribution in [1.82, 2.24) is 19.6 Å². The Kier molecular flexibility index (Phi) is 1.17. The second-order valence-electron chi connectivity index (χ2n) is 1.77. The molecule has 0 spiro atoms. The van der Waals surface area contributed by atoms with Gasteiger partial charge in [0, 0.05) is 0 Å². The van der Waals surface area contributed by atoms with Gasteiger partial charge in [-0.05, 0) is 15.9 Å². The molecule has 0 saturated carbocycles. The van der Waals surface area contributed by atoms with Crippen molar-refractivity contribution in [2.24, 2.45) is 0 Å². The van der Waals surface area contributed by atoms with Crippen LogP contribution in [-0.2, 0) is 0 Å². The zero-order valence-electron chi connectivity index (χ0n) is 4.90. The normalized spacial score (nSPS) is 10.5. The molecule has 0 radical (unpaired) electrons. The molecule has 5 heteroatoms. The number of hydrogen-bond donors (Lipinski definition) is 0. The molecule has 2 heterocycles. The van der Waals surface area contributed by atoms with Crippen LogP contribution in [0.15, 0.2) is 23.3 Å². The van der Waals surface area contributed by atoms with E-state index in [4.69, 9.17) is 0 Å². The van der Waals surface area contributed by atoms with Crippen LogP contribution in [-0.4, -0.2) is 19.6 Å². The van der Waals surface area contributed by atoms with Gasteiger partial charge in [-0.2, -0.15) is 5.10 Å². The lowest BCUT2D eigenvalue weighted by Gasteiger charge is -1.89. The maximum atomic E-state index is 3.97. The van der Waals surface area contributed by atoms with Crippen molar-refractivity contribution >= 4 is 21.6 Å². The molecule has 0 aromatic carbocycles. The Labute approximate surface area is 65.0 Å². The molecule has 0 aliphatic rings. The van der Waals surface area contributed by atoms with Crippen molar-refractivity contribution < 1.29 is 0 Å². The summed E-state index contributed by atoms with van der Waals surface area (Å²) < 4.78 is 2.40. The van der Waals surface area contributed by atoms with E-state index in [0.29, 0.717) is 0 Å². The molecule has 0 saturated heterocycles. The highest BCUT2D eigenvalue weighted by Gasteiger charge is 1.93. The van der Waals surface area contributed by atoms with Crippen LogP contribution in [0.4, 0.5) is 0 Å². The zero-order valence-corrected chi connectivity index (χ0v) is 6.48. The third-order valence-corrected chi connectivity index (χ3v) is 1.54. The maximum Gasteiger partial charge on any atom is 0.173 e. The van der Waals surface area contributed by atoms with Crippen LogP contribution in [0, 0.1) is 0 Å². The minimum absolute atomic E-state index is 0.753. The van der Waals surface area contributed by atoms with E-state index in [2.05, 4.69) is 31.0 Å². The first-order valence-corrected chi connectivity index (χ1v) is 3.46. The van der Waals surface area contributed by atoms with Crippen LogP contribution >= 0.6 is 15.9 Å². The van der Waals surface area contributed by atoms with E-state index < -0.39 is 0 Å². The fourth-order valence-corrected chi connectivity index (χ4v) is 1.00. The van der Waals surface area contributed by atoms with E-state index in [-0.39, 0.29) is 0 Å². The first-order chi connectivity index (χ1) is 4.86. The van der Waals surface area contributed by atoms with Gasteiger partial charge in [-0.25, -0.2) is 14.5 Å². The van der Waals surface area contributed by atoms with Crippen LogP contribution in [0.2, 0.25) is 0 Å². The summed E-state index contributed by atoms with van der Waals surface area (Å²) in [5.74, 6) is 0. The third-order valence-electron chi connectivity index (χ3n) is 1.13. The Morgan fingerprint density at radius 3 is 3.20 bits per heavy atom. The molecule has 0 amide bonds. The minimum atomic E-state index is 0.753. The zero-order chi connectivity index (χ0) is 6.97. The highest BCUT2D eigenvalue weighted by Crippen LogP contribution is 2.04. The molecular formula is C5H3BrN4. The second kappa shape index (κ2) is 2.02. The summed E-state index contributed by atoms with van der Waals surface area (Å²) in [6.07, 6.45) is 4.89. The first-order valence-electron chi connectivity index (χ1n) is 2.67. The molecule has 0 atom stereocenters. The Bertz CT molecular complexity index is 355. The average Bonchev–Trinajstić information content (AvgIpc) is 2.33. The van der Waals surface area contributed by atoms with E-state index in [1.807, 2.05) is 0 Å². The van der Waals surface area contributed by atoms with E-state index >= 15 is 0 Å². The van der Waals surface area contributed by atoms with Gasteiger partial charge < -0.3 is 0 Å². The lowest BCUT2D eigenvalue weighted by molar-refractivity contribution is 0.937. The smallest absolute Gasteiger partial charge is 0.173 e. The summed E-state index contributed by atoms with van der Waals surface area (Å²) in [7, 11) is 0. The largest absolute Gasteiger partial charge is 0.244 e. The summed E-state index contributed by atoms with van der Waals surface area (Å²) in [5, 5.41) is 3.92. The summed E-state index contributed by atoms with van der Waals surface area (Å²) in [5.41, 5.74) is 0.753. The van der Waals surface area contributed by atoms with Crippen LogP contribution in [0.25, 0.3) is 5.65 Å². The SMILES string of the molecule is Brc1cn2ncnc2cn1. The van der Waals surface area contributed by atoms with Gasteiger partial charge >= 0.3 is 0 Å². The fraction of sp³-hybridized carbons (Fsp3) is 0. The minimum Gasteiger partial charge on any atom is -0.244 e. The van der Waals surface area contributed by atoms with E-state index in [0.717, 1.165) is 10.3 Å². The number of aromatic nitrogens is 4. The Morgan fingerprint density at radius 2 is 2.30 bits per heavy atom. The molecule has 0 fully saturated rings. The lowest BCUT2D eigenvalue weighted by Crippen LogP contribution is -1.87. The summed E-state index contributed by atoms with van der Waals surface area (Å²) >= 11 is 3.22. The second-order valence-corrected chi connectivity index (χ2v) is 2.59. The van der Waals surface area contributed by atoms with Gasteiger partial charge in [-0.15, -0.1) is 0 Å². The molecule has 0 N–H and O–H groups in total. The number of rotatable bonds is 0. The molecule has 0 aliphatic carbocycles. The molecule has 0 unspecified atom stereocenters. The fourth-order valence-electron chi connectivity index (χ4n) is 0.705. The first kappa shape index (κ1) is 5.79.